The highest BCUT2D eigenvalue weighted by Crippen LogP contribution is 2.14. The Morgan fingerprint density at radius 2 is 1.73 bits per heavy atom. The molecule has 0 fully saturated rings. The van der Waals surface area contributed by atoms with Crippen LogP contribution in [0.3, 0.4) is 0 Å². The molecule has 0 aliphatic heterocycles. The fourth-order valence-electron chi connectivity index (χ4n) is 2.98. The zero-order valence-electron chi connectivity index (χ0n) is 14.0. The van der Waals surface area contributed by atoms with Crippen molar-refractivity contribution in [3.8, 4) is 0 Å². The molecule has 0 atom stereocenters. The van der Waals surface area contributed by atoms with Gasteiger partial charge in [0, 0.05) is 25.1 Å². The van der Waals surface area contributed by atoms with E-state index in [1.807, 2.05) is 13.1 Å². The maximum Gasteiger partial charge on any atom is 0.259 e. The van der Waals surface area contributed by atoms with Crippen molar-refractivity contribution in [2.45, 2.75) is 64.7 Å². The normalized spacial score (nSPS) is 11.2. The summed E-state index contributed by atoms with van der Waals surface area (Å²) in [6, 6.07) is 4.06. The van der Waals surface area contributed by atoms with E-state index in [2.05, 4.69) is 18.0 Å². The third-order valence-corrected chi connectivity index (χ3v) is 4.43. The molecule has 0 saturated carbocycles. The van der Waals surface area contributed by atoms with Gasteiger partial charge in [-0.05, 0) is 30.4 Å². The van der Waals surface area contributed by atoms with Gasteiger partial charge in [-0.15, -0.1) is 0 Å². The number of nitrogens with zero attached hydrogens (tertiary/aromatic N) is 2. The maximum atomic E-state index is 12.3. The van der Waals surface area contributed by atoms with Crippen molar-refractivity contribution in [3.63, 3.8) is 0 Å². The van der Waals surface area contributed by atoms with E-state index in [-0.39, 0.29) is 5.56 Å². The van der Waals surface area contributed by atoms with Gasteiger partial charge in [-0.3, -0.25) is 9.78 Å². The van der Waals surface area contributed by atoms with Gasteiger partial charge in [-0.2, -0.15) is 0 Å². The lowest BCUT2D eigenvalue weighted by Gasteiger charge is -2.10. The monoisotopic (exact) mass is 300 g/mol. The zero-order valence-corrected chi connectivity index (χ0v) is 14.0. The third kappa shape index (κ3) is 4.43. The summed E-state index contributed by atoms with van der Waals surface area (Å²) in [5.41, 5.74) is 1.20. The van der Waals surface area contributed by atoms with Crippen LogP contribution in [0.25, 0.3) is 10.8 Å². The highest BCUT2D eigenvalue weighted by Gasteiger charge is 2.06. The molecule has 2 aromatic heterocycles. The van der Waals surface area contributed by atoms with Crippen LogP contribution in [-0.4, -0.2) is 9.55 Å². The van der Waals surface area contributed by atoms with Crippen molar-refractivity contribution >= 4 is 10.8 Å². The summed E-state index contributed by atoms with van der Waals surface area (Å²) in [4.78, 5) is 16.4. The highest BCUT2D eigenvalue weighted by molar-refractivity contribution is 5.80. The predicted octanol–water partition coefficient (Wildman–Crippen LogP) is 4.62. The largest absolute Gasteiger partial charge is 0.315 e. The second kappa shape index (κ2) is 8.72. The van der Waals surface area contributed by atoms with Crippen LogP contribution in [0.2, 0.25) is 0 Å². The lowest BCUT2D eigenvalue weighted by Crippen LogP contribution is -2.20. The van der Waals surface area contributed by atoms with Crippen molar-refractivity contribution in [1.29, 1.82) is 0 Å². The minimum Gasteiger partial charge on any atom is -0.315 e. The van der Waals surface area contributed by atoms with Gasteiger partial charge in [-0.25, -0.2) is 0 Å². The van der Waals surface area contributed by atoms with Gasteiger partial charge in [-0.1, -0.05) is 51.9 Å². The van der Waals surface area contributed by atoms with Gasteiger partial charge in [0.2, 0.25) is 0 Å². The summed E-state index contributed by atoms with van der Waals surface area (Å²) in [6.07, 6.45) is 14.9. The van der Waals surface area contributed by atoms with E-state index in [0.29, 0.717) is 5.39 Å². The molecule has 0 aliphatic carbocycles. The number of rotatable bonds is 9. The fourth-order valence-corrected chi connectivity index (χ4v) is 2.98. The first-order valence-electron chi connectivity index (χ1n) is 8.66. The Morgan fingerprint density at radius 3 is 2.45 bits per heavy atom. The minimum atomic E-state index is 0.0696. The Balaban J connectivity index is 1.84. The van der Waals surface area contributed by atoms with E-state index in [1.165, 1.54) is 44.9 Å². The first-order valence-corrected chi connectivity index (χ1v) is 8.66. The van der Waals surface area contributed by atoms with Gasteiger partial charge in [0.1, 0.15) is 0 Å². The average molecular weight is 300 g/mol. The van der Waals surface area contributed by atoms with Gasteiger partial charge in [0.15, 0.2) is 0 Å². The molecule has 3 heteroatoms. The molecule has 3 nitrogen and oxygen atoms in total. The Kier molecular flexibility index (Phi) is 6.63. The molecule has 0 aliphatic rings. The van der Waals surface area contributed by atoms with Crippen molar-refractivity contribution in [3.05, 3.63) is 40.6 Å². The summed E-state index contributed by atoms with van der Waals surface area (Å²) >= 11 is 0. The number of fused-ring (bicyclic) bond motifs is 1. The predicted molar refractivity (Wildman–Crippen MR) is 93.3 cm³/mol. The van der Waals surface area contributed by atoms with Crippen LogP contribution in [0.5, 0.6) is 0 Å². The lowest BCUT2D eigenvalue weighted by molar-refractivity contribution is 0.570. The molecule has 0 aromatic carbocycles. The molecule has 0 amide bonds. The second-order valence-electron chi connectivity index (χ2n) is 6.19. The van der Waals surface area contributed by atoms with Gasteiger partial charge < -0.3 is 4.57 Å². The molecule has 22 heavy (non-hydrogen) atoms. The first kappa shape index (κ1) is 16.7. The first-order chi connectivity index (χ1) is 10.7. The number of hydrogen-bond acceptors (Lipinski definition) is 2. The summed E-state index contributed by atoms with van der Waals surface area (Å²) in [6.45, 7) is 2.25. The Labute approximate surface area is 133 Å². The van der Waals surface area contributed by atoms with Crippen molar-refractivity contribution in [1.82, 2.24) is 9.55 Å². The number of aromatic nitrogens is 2. The van der Waals surface area contributed by atoms with Crippen LogP contribution in [0.1, 0.15) is 64.0 Å². The number of aryl methyl sites for hydroxylation is 1. The molecule has 0 radical (unpaired) electrons. The Hall–Kier alpha value is -1.64. The number of unbranched alkanes of at least 4 members (excludes halogenated alkanes) is 7. The van der Waals surface area contributed by atoms with Crippen LogP contribution in [0.15, 0.2) is 29.3 Å². The molecule has 0 bridgehead atoms. The average Bonchev–Trinajstić information content (AvgIpc) is 2.54. The van der Waals surface area contributed by atoms with E-state index in [4.69, 9.17) is 0 Å². The molecule has 0 saturated heterocycles. The Bertz CT molecular complexity index is 645. The summed E-state index contributed by atoms with van der Waals surface area (Å²) < 4.78 is 1.78. The molecule has 120 valence electrons. The summed E-state index contributed by atoms with van der Waals surface area (Å²) in [7, 11) is 1.87. The number of hydrogen-bond donors (Lipinski definition) is 0. The van der Waals surface area contributed by atoms with Gasteiger partial charge >= 0.3 is 0 Å². The van der Waals surface area contributed by atoms with Crippen molar-refractivity contribution < 1.29 is 0 Å². The maximum absolute atomic E-state index is 12.3. The van der Waals surface area contributed by atoms with E-state index >= 15 is 0 Å². The molecule has 0 spiro atoms. The number of pyridine rings is 2. The molecule has 2 heterocycles. The Morgan fingerprint density at radius 1 is 1.05 bits per heavy atom. The quantitative estimate of drug-likeness (QED) is 0.633. The SMILES string of the molecule is CCCCCCCCCCc1cc2ccncc2c(=O)n1C. The standard InChI is InChI=1S/C19H28N2O/c1-3-4-5-6-7-8-9-10-11-17-14-16-12-13-20-15-18(16)19(22)21(17)2/h12-15H,3-11H2,1-2H3. The zero-order chi connectivity index (χ0) is 15.8. The van der Waals surface area contributed by atoms with Crippen LogP contribution >= 0.6 is 0 Å². The van der Waals surface area contributed by atoms with E-state index in [9.17, 15) is 4.79 Å². The van der Waals surface area contributed by atoms with E-state index in [1.54, 1.807) is 17.0 Å². The van der Waals surface area contributed by atoms with E-state index in [0.717, 1.165) is 23.9 Å². The molecular formula is C19H28N2O. The van der Waals surface area contributed by atoms with Crippen molar-refractivity contribution in [2.24, 2.45) is 7.05 Å². The van der Waals surface area contributed by atoms with Crippen LogP contribution in [0.4, 0.5) is 0 Å². The molecular weight excluding hydrogens is 272 g/mol. The molecule has 0 unspecified atom stereocenters. The summed E-state index contributed by atoms with van der Waals surface area (Å²) in [5.74, 6) is 0. The molecule has 0 N–H and O–H groups in total. The smallest absolute Gasteiger partial charge is 0.259 e. The van der Waals surface area contributed by atoms with Gasteiger partial charge in [0.05, 0.1) is 5.39 Å². The van der Waals surface area contributed by atoms with E-state index < -0.39 is 0 Å². The summed E-state index contributed by atoms with van der Waals surface area (Å²) in [5, 5.41) is 1.72. The van der Waals surface area contributed by atoms with Crippen LogP contribution in [0, 0.1) is 0 Å². The lowest BCUT2D eigenvalue weighted by atomic mass is 10.1. The topological polar surface area (TPSA) is 34.9 Å². The van der Waals surface area contributed by atoms with Gasteiger partial charge in [0.25, 0.3) is 5.56 Å². The van der Waals surface area contributed by atoms with Crippen LogP contribution < -0.4 is 5.56 Å². The van der Waals surface area contributed by atoms with Crippen molar-refractivity contribution in [2.75, 3.05) is 0 Å². The third-order valence-electron chi connectivity index (χ3n) is 4.43. The fraction of sp³-hybridized carbons (Fsp3) is 0.579. The molecule has 2 rings (SSSR count). The highest BCUT2D eigenvalue weighted by atomic mass is 16.1. The second-order valence-corrected chi connectivity index (χ2v) is 6.19. The van der Waals surface area contributed by atoms with Crippen LogP contribution in [-0.2, 0) is 13.5 Å². The molecule has 2 aromatic rings. The minimum absolute atomic E-state index is 0.0696.